The first kappa shape index (κ1) is 23.7. The number of hydrogen-bond donors (Lipinski definition) is 2. The third kappa shape index (κ3) is 4.93. The van der Waals surface area contributed by atoms with E-state index in [1.165, 1.54) is 22.3 Å². The van der Waals surface area contributed by atoms with E-state index in [9.17, 15) is 0 Å². The van der Waals surface area contributed by atoms with E-state index in [1.54, 1.807) is 0 Å². The molecule has 4 aromatic rings. The fraction of sp³-hybridized carbons (Fsp3) is 0.233. The number of nitrogens with one attached hydrogen (secondary N) is 2. The largest absolute Gasteiger partial charge is 0.486 e. The number of anilines is 3. The van der Waals surface area contributed by atoms with E-state index in [-0.39, 0.29) is 0 Å². The van der Waals surface area contributed by atoms with Crippen LogP contribution in [0.3, 0.4) is 0 Å². The van der Waals surface area contributed by atoms with E-state index >= 15 is 0 Å². The summed E-state index contributed by atoms with van der Waals surface area (Å²) in [6, 6.07) is 25.1. The molecule has 9 heteroatoms. The predicted molar refractivity (Wildman–Crippen MR) is 155 cm³/mol. The van der Waals surface area contributed by atoms with Gasteiger partial charge in [0.2, 0.25) is 5.95 Å². The molecule has 196 valence electrons. The highest BCUT2D eigenvalue weighted by Gasteiger charge is 2.25. The molecule has 2 N–H and O–H groups in total. The van der Waals surface area contributed by atoms with Crippen LogP contribution in [-0.4, -0.2) is 28.3 Å². The Morgan fingerprint density at radius 2 is 1.26 bits per heavy atom. The molecule has 1 aromatic heterocycles. The maximum atomic E-state index is 5.71. The molecule has 0 atom stereocenters. The van der Waals surface area contributed by atoms with Gasteiger partial charge in [-0.1, -0.05) is 54.6 Å². The van der Waals surface area contributed by atoms with Crippen molar-refractivity contribution < 1.29 is 9.47 Å². The van der Waals surface area contributed by atoms with Gasteiger partial charge in [0.25, 0.3) is 0 Å². The molecule has 7 rings (SSSR count). The molecule has 39 heavy (non-hydrogen) atoms. The summed E-state index contributed by atoms with van der Waals surface area (Å²) in [5, 5.41) is 6.97. The Morgan fingerprint density at radius 3 is 1.82 bits per heavy atom. The van der Waals surface area contributed by atoms with E-state index in [1.807, 2.05) is 18.2 Å². The number of rotatable bonds is 5. The molecule has 0 spiro atoms. The molecule has 0 saturated heterocycles. The van der Waals surface area contributed by atoms with Crippen LogP contribution in [0.1, 0.15) is 27.8 Å². The van der Waals surface area contributed by atoms with Crippen LogP contribution in [0.25, 0.3) is 0 Å². The van der Waals surface area contributed by atoms with E-state index in [0.29, 0.717) is 30.8 Å². The summed E-state index contributed by atoms with van der Waals surface area (Å²) in [5.74, 6) is 3.78. The van der Waals surface area contributed by atoms with Crippen molar-refractivity contribution >= 4 is 34.9 Å². The predicted octanol–water partition coefficient (Wildman–Crippen LogP) is 4.77. The molecule has 4 heterocycles. The van der Waals surface area contributed by atoms with Crippen LogP contribution in [0.5, 0.6) is 11.5 Å². The minimum absolute atomic E-state index is 0.461. The van der Waals surface area contributed by atoms with Crippen molar-refractivity contribution in [3.8, 4) is 11.5 Å². The summed E-state index contributed by atoms with van der Waals surface area (Å²) in [7, 11) is 0. The zero-order valence-corrected chi connectivity index (χ0v) is 22.2. The molecule has 3 aliphatic rings. The van der Waals surface area contributed by atoms with Crippen molar-refractivity contribution in [3.05, 3.63) is 101 Å². The van der Waals surface area contributed by atoms with E-state index in [2.05, 4.69) is 75.0 Å². The van der Waals surface area contributed by atoms with Crippen LogP contribution < -0.4 is 29.9 Å². The van der Waals surface area contributed by atoms with Gasteiger partial charge < -0.3 is 29.9 Å². The quantitative estimate of drug-likeness (QED) is 0.351. The zero-order chi connectivity index (χ0) is 26.2. The third-order valence-corrected chi connectivity index (χ3v) is 7.56. The summed E-state index contributed by atoms with van der Waals surface area (Å²) in [4.78, 5) is 14.3. The van der Waals surface area contributed by atoms with Gasteiger partial charge in [-0.3, -0.25) is 0 Å². The second kappa shape index (κ2) is 10.1. The molecule has 0 fully saturated rings. The number of thiocarbonyl (C=S) groups is 1. The average molecular weight is 537 g/mol. The molecule has 0 saturated carbocycles. The molecule has 8 nitrogen and oxygen atoms in total. The molecule has 3 aromatic carbocycles. The number of fused-ring (bicyclic) bond motifs is 3. The topological polar surface area (TPSA) is 74.8 Å². The highest BCUT2D eigenvalue weighted by Crippen LogP contribution is 2.33. The van der Waals surface area contributed by atoms with Gasteiger partial charge in [0.15, 0.2) is 16.6 Å². The van der Waals surface area contributed by atoms with E-state index in [4.69, 9.17) is 31.7 Å². The SMILES string of the molecule is S=C(NCc1ccc2c(c1)OCCO2)Nc1nc(N2Cc3ccccc3C2)cc(N2Cc3ccccc3C2)n1. The first-order valence-electron chi connectivity index (χ1n) is 13.1. The second-order valence-corrected chi connectivity index (χ2v) is 10.4. The van der Waals surface area contributed by atoms with Crippen molar-refractivity contribution in [1.29, 1.82) is 0 Å². The van der Waals surface area contributed by atoms with Gasteiger partial charge in [0, 0.05) is 38.8 Å². The Kier molecular flexibility index (Phi) is 6.13. The highest BCUT2D eigenvalue weighted by atomic mass is 32.1. The summed E-state index contributed by atoms with van der Waals surface area (Å²) in [5.41, 5.74) is 6.37. The Bertz CT molecular complexity index is 1440. The van der Waals surface area contributed by atoms with Crippen LogP contribution in [0.15, 0.2) is 72.8 Å². The summed E-state index contributed by atoms with van der Waals surface area (Å²) < 4.78 is 11.3. The summed E-state index contributed by atoms with van der Waals surface area (Å²) in [6.07, 6.45) is 0. The average Bonchev–Trinajstić information content (AvgIpc) is 3.61. The lowest BCUT2D eigenvalue weighted by atomic mass is 10.1. The van der Waals surface area contributed by atoms with Crippen LogP contribution in [-0.2, 0) is 32.7 Å². The van der Waals surface area contributed by atoms with Crippen molar-refractivity contribution in [2.45, 2.75) is 32.7 Å². The summed E-state index contributed by atoms with van der Waals surface area (Å²) in [6.45, 7) is 4.95. The van der Waals surface area contributed by atoms with Gasteiger partial charge in [-0.2, -0.15) is 9.97 Å². The molecule has 3 aliphatic heterocycles. The van der Waals surface area contributed by atoms with Crippen molar-refractivity contribution in [2.75, 3.05) is 28.3 Å². The Hall–Kier alpha value is -4.37. The van der Waals surface area contributed by atoms with E-state index in [0.717, 1.165) is 54.9 Å². The smallest absolute Gasteiger partial charge is 0.232 e. The molecule has 0 unspecified atom stereocenters. The first-order valence-corrected chi connectivity index (χ1v) is 13.5. The zero-order valence-electron chi connectivity index (χ0n) is 21.4. The van der Waals surface area contributed by atoms with Gasteiger partial charge >= 0.3 is 0 Å². The lowest BCUT2D eigenvalue weighted by Gasteiger charge is -2.23. The Morgan fingerprint density at radius 1 is 0.718 bits per heavy atom. The summed E-state index contributed by atoms with van der Waals surface area (Å²) >= 11 is 5.64. The van der Waals surface area contributed by atoms with Gasteiger partial charge in [-0.25, -0.2) is 0 Å². The van der Waals surface area contributed by atoms with Crippen LogP contribution in [0.2, 0.25) is 0 Å². The van der Waals surface area contributed by atoms with Gasteiger partial charge in [-0.15, -0.1) is 0 Å². The minimum atomic E-state index is 0.461. The fourth-order valence-electron chi connectivity index (χ4n) is 5.32. The molecule has 0 aliphatic carbocycles. The van der Waals surface area contributed by atoms with Crippen molar-refractivity contribution in [1.82, 2.24) is 15.3 Å². The minimum Gasteiger partial charge on any atom is -0.486 e. The van der Waals surface area contributed by atoms with Gasteiger partial charge in [0.05, 0.1) is 0 Å². The van der Waals surface area contributed by atoms with E-state index < -0.39 is 0 Å². The Labute approximate surface area is 232 Å². The van der Waals surface area contributed by atoms with Crippen LogP contribution in [0.4, 0.5) is 17.6 Å². The number of nitrogens with zero attached hydrogens (tertiary/aromatic N) is 4. The van der Waals surface area contributed by atoms with Crippen LogP contribution in [0, 0.1) is 0 Å². The Balaban J connectivity index is 1.10. The maximum absolute atomic E-state index is 5.71. The molecular weight excluding hydrogens is 508 g/mol. The third-order valence-electron chi connectivity index (χ3n) is 7.31. The number of benzene rings is 3. The normalized spacial score (nSPS) is 15.1. The first-order chi connectivity index (χ1) is 19.2. The lowest BCUT2D eigenvalue weighted by Crippen LogP contribution is -2.29. The number of ether oxygens (including phenoxy) is 2. The monoisotopic (exact) mass is 536 g/mol. The molecule has 0 radical (unpaired) electrons. The van der Waals surface area contributed by atoms with Gasteiger partial charge in [-0.05, 0) is 52.2 Å². The molecule has 0 amide bonds. The maximum Gasteiger partial charge on any atom is 0.232 e. The lowest BCUT2D eigenvalue weighted by molar-refractivity contribution is 0.171. The highest BCUT2D eigenvalue weighted by molar-refractivity contribution is 7.80. The molecule has 0 bridgehead atoms. The van der Waals surface area contributed by atoms with Crippen LogP contribution >= 0.6 is 12.2 Å². The standard InChI is InChI=1S/C30H28N6O2S/c39-30(31-15-20-9-10-25-26(13-20)38-12-11-37-25)34-29-32-27(35-16-21-5-1-2-6-22(21)17-35)14-28(33-29)36-18-23-7-3-4-8-24(23)19-36/h1-10,13-14H,11-12,15-19H2,(H2,31,32,33,34,39). The fourth-order valence-corrected chi connectivity index (χ4v) is 5.48. The molecular formula is C30H28N6O2S. The van der Waals surface area contributed by atoms with Gasteiger partial charge in [0.1, 0.15) is 24.8 Å². The second-order valence-electron chi connectivity index (χ2n) is 9.94. The van der Waals surface area contributed by atoms with Crippen molar-refractivity contribution in [2.24, 2.45) is 0 Å². The van der Waals surface area contributed by atoms with Crippen molar-refractivity contribution in [3.63, 3.8) is 0 Å². The number of aromatic nitrogens is 2. The number of hydrogen-bond acceptors (Lipinski definition) is 7.